The molecule has 1 aliphatic carbocycles. The molecule has 0 radical (unpaired) electrons. The van der Waals surface area contributed by atoms with Crippen LogP contribution >= 0.6 is 0 Å². The summed E-state index contributed by atoms with van der Waals surface area (Å²) in [5, 5.41) is 3.75. The molecular formula is C15H23NO. The fourth-order valence-electron chi connectivity index (χ4n) is 2.54. The van der Waals surface area contributed by atoms with Gasteiger partial charge in [-0.05, 0) is 24.8 Å². The second kappa shape index (κ2) is 5.54. The second-order valence-corrected chi connectivity index (χ2v) is 4.88. The Morgan fingerprint density at radius 2 is 2.12 bits per heavy atom. The smallest absolute Gasteiger partial charge is 0.123 e. The predicted molar refractivity (Wildman–Crippen MR) is 71.3 cm³/mol. The monoisotopic (exact) mass is 233 g/mol. The highest BCUT2D eigenvalue weighted by atomic mass is 16.5. The Kier molecular flexibility index (Phi) is 4.06. The van der Waals surface area contributed by atoms with Gasteiger partial charge < -0.3 is 10.1 Å². The van der Waals surface area contributed by atoms with Crippen LogP contribution in [0.3, 0.4) is 0 Å². The molecule has 3 unspecified atom stereocenters. The molecule has 1 N–H and O–H groups in total. The molecule has 94 valence electrons. The zero-order valence-electron chi connectivity index (χ0n) is 11.1. The fourth-order valence-corrected chi connectivity index (χ4v) is 2.54. The molecular weight excluding hydrogens is 210 g/mol. The van der Waals surface area contributed by atoms with Crippen molar-refractivity contribution in [2.75, 3.05) is 7.11 Å². The van der Waals surface area contributed by atoms with Crippen LogP contribution in [-0.2, 0) is 0 Å². The first-order valence-corrected chi connectivity index (χ1v) is 6.69. The van der Waals surface area contributed by atoms with Crippen molar-refractivity contribution in [3.63, 3.8) is 0 Å². The molecule has 1 aliphatic rings. The van der Waals surface area contributed by atoms with E-state index in [4.69, 9.17) is 4.74 Å². The van der Waals surface area contributed by atoms with Crippen molar-refractivity contribution >= 4 is 0 Å². The van der Waals surface area contributed by atoms with Crippen molar-refractivity contribution < 1.29 is 4.74 Å². The predicted octanol–water partition coefficient (Wildman–Crippen LogP) is 3.53. The standard InChI is InChI=1S/C15H23NO/c1-4-11-10-14(11)16-13(5-2)12-8-6-7-9-15(12)17-3/h6-9,11,13-14,16H,4-5,10H2,1-3H3. The van der Waals surface area contributed by atoms with E-state index in [1.165, 1.54) is 18.4 Å². The summed E-state index contributed by atoms with van der Waals surface area (Å²) in [6.45, 7) is 4.50. The van der Waals surface area contributed by atoms with Crippen molar-refractivity contribution in [1.29, 1.82) is 0 Å². The first-order chi connectivity index (χ1) is 8.30. The lowest BCUT2D eigenvalue weighted by Gasteiger charge is -2.20. The third-order valence-corrected chi connectivity index (χ3v) is 3.78. The Morgan fingerprint density at radius 3 is 2.71 bits per heavy atom. The average Bonchev–Trinajstić information content (AvgIpc) is 3.14. The molecule has 3 atom stereocenters. The number of ether oxygens (including phenoxy) is 1. The number of methoxy groups -OCH3 is 1. The molecule has 0 saturated heterocycles. The normalized spacial score (nSPS) is 24.4. The van der Waals surface area contributed by atoms with E-state index < -0.39 is 0 Å². The van der Waals surface area contributed by atoms with E-state index in [9.17, 15) is 0 Å². The minimum absolute atomic E-state index is 0.424. The average molecular weight is 233 g/mol. The first-order valence-electron chi connectivity index (χ1n) is 6.69. The van der Waals surface area contributed by atoms with Crippen LogP contribution in [0, 0.1) is 5.92 Å². The Morgan fingerprint density at radius 1 is 1.35 bits per heavy atom. The van der Waals surface area contributed by atoms with Crippen LogP contribution in [0.15, 0.2) is 24.3 Å². The quantitative estimate of drug-likeness (QED) is 0.811. The van der Waals surface area contributed by atoms with Gasteiger partial charge in [0.1, 0.15) is 5.75 Å². The third-order valence-electron chi connectivity index (χ3n) is 3.78. The van der Waals surface area contributed by atoms with Gasteiger partial charge in [-0.1, -0.05) is 38.5 Å². The number of rotatable bonds is 6. The van der Waals surface area contributed by atoms with Gasteiger partial charge in [-0.15, -0.1) is 0 Å². The molecule has 0 spiro atoms. The number of hydrogen-bond donors (Lipinski definition) is 1. The summed E-state index contributed by atoms with van der Waals surface area (Å²) in [4.78, 5) is 0. The minimum atomic E-state index is 0.424. The van der Waals surface area contributed by atoms with Gasteiger partial charge in [-0.25, -0.2) is 0 Å². The lowest BCUT2D eigenvalue weighted by atomic mass is 10.0. The zero-order chi connectivity index (χ0) is 12.3. The van der Waals surface area contributed by atoms with E-state index in [1.54, 1.807) is 7.11 Å². The Hall–Kier alpha value is -1.02. The van der Waals surface area contributed by atoms with Gasteiger partial charge in [0.15, 0.2) is 0 Å². The van der Waals surface area contributed by atoms with Gasteiger partial charge in [-0.2, -0.15) is 0 Å². The Labute approximate surface area is 104 Å². The van der Waals surface area contributed by atoms with E-state index in [-0.39, 0.29) is 0 Å². The van der Waals surface area contributed by atoms with Crippen LogP contribution in [0.5, 0.6) is 5.75 Å². The van der Waals surface area contributed by atoms with Crippen molar-refractivity contribution in [2.24, 2.45) is 5.92 Å². The highest BCUT2D eigenvalue weighted by Gasteiger charge is 2.36. The Bertz CT molecular complexity index is 364. The lowest BCUT2D eigenvalue weighted by molar-refractivity contribution is 0.394. The van der Waals surface area contributed by atoms with Crippen LogP contribution in [0.1, 0.15) is 44.7 Å². The maximum Gasteiger partial charge on any atom is 0.123 e. The van der Waals surface area contributed by atoms with E-state index in [0.29, 0.717) is 6.04 Å². The highest BCUT2D eigenvalue weighted by Crippen LogP contribution is 2.37. The first kappa shape index (κ1) is 12.4. The van der Waals surface area contributed by atoms with E-state index >= 15 is 0 Å². The molecule has 2 heteroatoms. The highest BCUT2D eigenvalue weighted by molar-refractivity contribution is 5.36. The van der Waals surface area contributed by atoms with Gasteiger partial charge in [0.25, 0.3) is 0 Å². The molecule has 0 aromatic heterocycles. The summed E-state index contributed by atoms with van der Waals surface area (Å²) >= 11 is 0. The summed E-state index contributed by atoms with van der Waals surface area (Å²) in [5.74, 6) is 1.89. The number of para-hydroxylation sites is 1. The van der Waals surface area contributed by atoms with Crippen molar-refractivity contribution in [2.45, 2.75) is 45.2 Å². The van der Waals surface area contributed by atoms with Crippen LogP contribution in [-0.4, -0.2) is 13.2 Å². The molecule has 0 aliphatic heterocycles. The molecule has 0 heterocycles. The molecule has 17 heavy (non-hydrogen) atoms. The van der Waals surface area contributed by atoms with Crippen LogP contribution in [0.2, 0.25) is 0 Å². The summed E-state index contributed by atoms with van der Waals surface area (Å²) in [7, 11) is 1.75. The molecule has 0 bridgehead atoms. The summed E-state index contributed by atoms with van der Waals surface area (Å²) in [6, 6.07) is 9.48. The number of nitrogens with one attached hydrogen (secondary N) is 1. The SMILES string of the molecule is CCC(NC1CC1CC)c1ccccc1OC. The van der Waals surface area contributed by atoms with Crippen molar-refractivity contribution in [1.82, 2.24) is 5.32 Å². The zero-order valence-corrected chi connectivity index (χ0v) is 11.1. The lowest BCUT2D eigenvalue weighted by Crippen LogP contribution is -2.24. The van der Waals surface area contributed by atoms with E-state index in [1.807, 2.05) is 12.1 Å². The van der Waals surface area contributed by atoms with Gasteiger partial charge in [0.2, 0.25) is 0 Å². The summed E-state index contributed by atoms with van der Waals surface area (Å²) in [5.41, 5.74) is 1.29. The molecule has 1 aromatic rings. The summed E-state index contributed by atoms with van der Waals surface area (Å²) in [6.07, 6.45) is 3.73. The van der Waals surface area contributed by atoms with Crippen LogP contribution in [0.25, 0.3) is 0 Å². The molecule has 1 saturated carbocycles. The molecule has 1 fully saturated rings. The van der Waals surface area contributed by atoms with Crippen molar-refractivity contribution in [3.8, 4) is 5.75 Å². The van der Waals surface area contributed by atoms with E-state index in [2.05, 4.69) is 31.3 Å². The molecule has 0 amide bonds. The summed E-state index contributed by atoms with van der Waals surface area (Å²) < 4.78 is 5.44. The fraction of sp³-hybridized carbons (Fsp3) is 0.600. The van der Waals surface area contributed by atoms with Gasteiger partial charge in [-0.3, -0.25) is 0 Å². The van der Waals surface area contributed by atoms with Crippen LogP contribution in [0.4, 0.5) is 0 Å². The Balaban J connectivity index is 2.06. The largest absolute Gasteiger partial charge is 0.496 e. The van der Waals surface area contributed by atoms with E-state index in [0.717, 1.165) is 24.1 Å². The van der Waals surface area contributed by atoms with Crippen LogP contribution < -0.4 is 10.1 Å². The number of hydrogen-bond acceptors (Lipinski definition) is 2. The minimum Gasteiger partial charge on any atom is -0.496 e. The second-order valence-electron chi connectivity index (χ2n) is 4.88. The molecule has 2 nitrogen and oxygen atoms in total. The maximum atomic E-state index is 5.44. The third kappa shape index (κ3) is 2.81. The van der Waals surface area contributed by atoms with Gasteiger partial charge in [0, 0.05) is 17.6 Å². The van der Waals surface area contributed by atoms with Gasteiger partial charge in [0.05, 0.1) is 7.11 Å². The molecule has 1 aromatic carbocycles. The van der Waals surface area contributed by atoms with Gasteiger partial charge >= 0.3 is 0 Å². The maximum absolute atomic E-state index is 5.44. The number of benzene rings is 1. The topological polar surface area (TPSA) is 21.3 Å². The molecule has 2 rings (SSSR count). The van der Waals surface area contributed by atoms with Crippen molar-refractivity contribution in [3.05, 3.63) is 29.8 Å².